The number of ether oxygens (including phenoxy) is 1. The largest absolute Gasteiger partial charge is 0.388 e. The monoisotopic (exact) mass is 471 g/mol. The molecule has 2 heterocycles. The van der Waals surface area contributed by atoms with Crippen LogP contribution in [0, 0.1) is 5.82 Å². The van der Waals surface area contributed by atoms with E-state index in [1.807, 2.05) is 0 Å². The quantitative estimate of drug-likeness (QED) is 0.262. The Bertz CT molecular complexity index is 790. The number of nitrogens with one attached hydrogen (secondary N) is 1. The first kappa shape index (κ1) is 27.2. The highest BCUT2D eigenvalue weighted by atomic mass is 19.1. The van der Waals surface area contributed by atoms with Crippen molar-refractivity contribution in [3.05, 3.63) is 22.5 Å². The molecule has 0 spiro atoms. The Morgan fingerprint density at radius 2 is 1.67 bits per heavy atom. The smallest absolute Gasteiger partial charge is 0.352 e. The molecule has 0 saturated carbocycles. The van der Waals surface area contributed by atoms with Gasteiger partial charge in [0.05, 0.1) is 12.3 Å². The van der Waals surface area contributed by atoms with Crippen molar-refractivity contribution in [3.8, 4) is 0 Å². The summed E-state index contributed by atoms with van der Waals surface area (Å²) < 4.78 is 20.4. The molecule has 3 N–H and O–H groups in total. The lowest BCUT2D eigenvalue weighted by molar-refractivity contribution is -0.140. The molecule has 10 heteroatoms. The Balaban J connectivity index is 1.65. The summed E-state index contributed by atoms with van der Waals surface area (Å²) in [5, 5.41) is 19.7. The number of anilines is 1. The van der Waals surface area contributed by atoms with Crippen LogP contribution in [-0.2, 0) is 14.4 Å². The second-order valence-corrected chi connectivity index (χ2v) is 8.70. The van der Waals surface area contributed by atoms with Crippen LogP contribution in [0.3, 0.4) is 0 Å². The zero-order chi connectivity index (χ0) is 24.2. The summed E-state index contributed by atoms with van der Waals surface area (Å²) in [7, 11) is 0. The van der Waals surface area contributed by atoms with Gasteiger partial charge in [0.15, 0.2) is 12.0 Å². The van der Waals surface area contributed by atoms with Crippen molar-refractivity contribution in [2.75, 3.05) is 5.48 Å². The molecule has 0 amide bonds. The first-order valence-electron chi connectivity index (χ1n) is 12.1. The fraction of sp³-hybridized carbons (Fsp3) is 0.783. The van der Waals surface area contributed by atoms with Crippen molar-refractivity contribution < 1.29 is 29.0 Å². The second kappa shape index (κ2) is 14.3. The predicted molar refractivity (Wildman–Crippen MR) is 121 cm³/mol. The number of unbranched alkanes of at least 4 members (excludes halogenated alkanes) is 10. The van der Waals surface area contributed by atoms with Crippen molar-refractivity contribution in [1.29, 1.82) is 0 Å². The zero-order valence-electron chi connectivity index (χ0n) is 19.7. The van der Waals surface area contributed by atoms with Crippen LogP contribution in [0.5, 0.6) is 0 Å². The molecule has 0 aromatic carbocycles. The lowest BCUT2D eigenvalue weighted by Gasteiger charge is -2.17. The van der Waals surface area contributed by atoms with Gasteiger partial charge in [-0.25, -0.2) is 14.0 Å². The number of carbonyl (C=O) groups is 1. The molecule has 0 unspecified atom stereocenters. The Hall–Kier alpha value is -2.04. The van der Waals surface area contributed by atoms with E-state index >= 15 is 0 Å². The number of rotatable bonds is 15. The minimum atomic E-state index is -1.40. The second-order valence-electron chi connectivity index (χ2n) is 8.70. The molecule has 1 aliphatic heterocycles. The minimum absolute atomic E-state index is 0.181. The van der Waals surface area contributed by atoms with E-state index in [-0.39, 0.29) is 6.42 Å². The molecule has 33 heavy (non-hydrogen) atoms. The summed E-state index contributed by atoms with van der Waals surface area (Å²) in [5.41, 5.74) is 1.16. The Morgan fingerprint density at radius 3 is 2.21 bits per heavy atom. The Morgan fingerprint density at radius 1 is 1.09 bits per heavy atom. The van der Waals surface area contributed by atoms with Crippen molar-refractivity contribution in [3.63, 3.8) is 0 Å². The number of hydrogen-bond donors (Lipinski definition) is 3. The number of aliphatic hydroxyl groups excluding tert-OH is 2. The van der Waals surface area contributed by atoms with Crippen molar-refractivity contribution >= 4 is 11.8 Å². The van der Waals surface area contributed by atoms with Gasteiger partial charge in [0.1, 0.15) is 12.2 Å². The van der Waals surface area contributed by atoms with Crippen LogP contribution < -0.4 is 11.2 Å². The van der Waals surface area contributed by atoms with Gasteiger partial charge < -0.3 is 19.8 Å². The molecule has 2 rings (SSSR count). The lowest BCUT2D eigenvalue weighted by atomic mass is 10.1. The topological polar surface area (TPSA) is 123 Å². The summed E-state index contributed by atoms with van der Waals surface area (Å²) in [6, 6.07) is 0. The van der Waals surface area contributed by atoms with E-state index in [0.29, 0.717) is 6.42 Å². The number of aliphatic hydroxyl groups is 2. The van der Waals surface area contributed by atoms with E-state index in [0.717, 1.165) is 30.0 Å². The van der Waals surface area contributed by atoms with Gasteiger partial charge in [-0.15, -0.1) is 0 Å². The number of nitrogens with zero attached hydrogens (tertiary/aromatic N) is 2. The van der Waals surface area contributed by atoms with Gasteiger partial charge in [-0.2, -0.15) is 10.5 Å². The van der Waals surface area contributed by atoms with Crippen LogP contribution in [-0.4, -0.2) is 44.0 Å². The maximum Gasteiger partial charge on any atom is 0.352 e. The summed E-state index contributed by atoms with van der Waals surface area (Å²) in [5.74, 6) is -2.07. The number of halogens is 1. The van der Waals surface area contributed by atoms with Crippen LogP contribution in [0.25, 0.3) is 0 Å². The van der Waals surface area contributed by atoms with Gasteiger partial charge in [0, 0.05) is 6.42 Å². The average Bonchev–Trinajstić information content (AvgIpc) is 3.04. The van der Waals surface area contributed by atoms with E-state index in [1.54, 1.807) is 0 Å². The van der Waals surface area contributed by atoms with E-state index in [2.05, 4.69) is 17.4 Å². The van der Waals surface area contributed by atoms with Gasteiger partial charge in [-0.3, -0.25) is 4.57 Å². The van der Waals surface area contributed by atoms with Crippen LogP contribution in [0.2, 0.25) is 0 Å². The highest BCUT2D eigenvalue weighted by Gasteiger charge is 2.42. The molecule has 9 nitrogen and oxygen atoms in total. The minimum Gasteiger partial charge on any atom is -0.388 e. The zero-order valence-corrected chi connectivity index (χ0v) is 19.7. The van der Waals surface area contributed by atoms with Crippen LogP contribution in [0.1, 0.15) is 97.1 Å². The standard InChI is InChI=1S/C23H38FN3O6/c1-3-4-5-6-7-8-9-10-11-12-13-14-18(28)33-26-21-17(24)15-27(23(31)25-21)22-20(30)19(29)16(2)32-22/h15-16,19-20,22,29-30H,3-14H2,1-2H3,(H,25,26,31)/t16-,19-,20-,22-/m1/s1. The van der Waals surface area contributed by atoms with E-state index < -0.39 is 47.8 Å². The van der Waals surface area contributed by atoms with Crippen LogP contribution >= 0.6 is 0 Å². The number of hydrogen-bond acceptors (Lipinski definition) is 8. The lowest BCUT2D eigenvalue weighted by Crippen LogP contribution is -2.36. The van der Waals surface area contributed by atoms with Gasteiger partial charge in [0.25, 0.3) is 0 Å². The van der Waals surface area contributed by atoms with Gasteiger partial charge in [0.2, 0.25) is 5.82 Å². The third-order valence-electron chi connectivity index (χ3n) is 5.90. The van der Waals surface area contributed by atoms with Gasteiger partial charge in [-0.1, -0.05) is 71.1 Å². The number of aromatic nitrogens is 2. The summed E-state index contributed by atoms with van der Waals surface area (Å²) >= 11 is 0. The summed E-state index contributed by atoms with van der Waals surface area (Å²) in [6.07, 6.45) is 9.17. The molecule has 0 radical (unpaired) electrons. The first-order valence-corrected chi connectivity index (χ1v) is 12.1. The molecular formula is C23H38FN3O6. The van der Waals surface area contributed by atoms with E-state index in [1.165, 1.54) is 51.9 Å². The molecule has 188 valence electrons. The van der Waals surface area contributed by atoms with Crippen LogP contribution in [0.15, 0.2) is 11.0 Å². The highest BCUT2D eigenvalue weighted by Crippen LogP contribution is 2.28. The molecule has 1 aliphatic rings. The summed E-state index contributed by atoms with van der Waals surface area (Å²) in [4.78, 5) is 32.4. The fourth-order valence-corrected chi connectivity index (χ4v) is 3.85. The van der Waals surface area contributed by atoms with E-state index in [4.69, 9.17) is 9.57 Å². The Labute approximate surface area is 194 Å². The van der Waals surface area contributed by atoms with E-state index in [9.17, 15) is 24.2 Å². The molecule has 1 fully saturated rings. The van der Waals surface area contributed by atoms with Crippen molar-refractivity contribution in [2.24, 2.45) is 0 Å². The maximum atomic E-state index is 14.3. The van der Waals surface area contributed by atoms with Crippen LogP contribution in [0.4, 0.5) is 10.2 Å². The number of carbonyl (C=O) groups excluding carboxylic acids is 1. The molecule has 0 bridgehead atoms. The third-order valence-corrected chi connectivity index (χ3v) is 5.90. The first-order chi connectivity index (χ1) is 15.8. The average molecular weight is 472 g/mol. The molecule has 1 aromatic rings. The fourth-order valence-electron chi connectivity index (χ4n) is 3.85. The highest BCUT2D eigenvalue weighted by molar-refractivity contribution is 5.70. The maximum absolute atomic E-state index is 14.3. The van der Waals surface area contributed by atoms with Crippen molar-refractivity contribution in [2.45, 2.75) is 115 Å². The van der Waals surface area contributed by atoms with Gasteiger partial charge in [-0.05, 0) is 13.3 Å². The molecule has 4 atom stereocenters. The predicted octanol–water partition coefficient (Wildman–Crippen LogP) is 3.59. The summed E-state index contributed by atoms with van der Waals surface area (Å²) in [6.45, 7) is 3.74. The normalized spacial score (nSPS) is 22.5. The molecule has 1 saturated heterocycles. The third kappa shape index (κ3) is 8.68. The van der Waals surface area contributed by atoms with Crippen molar-refractivity contribution in [1.82, 2.24) is 9.55 Å². The molecular weight excluding hydrogens is 433 g/mol. The molecule has 1 aromatic heterocycles. The van der Waals surface area contributed by atoms with Gasteiger partial charge >= 0.3 is 11.7 Å². The molecule has 0 aliphatic carbocycles. The SMILES string of the molecule is CCCCCCCCCCCCCC(=O)ONc1nc(=O)n([C@@H]2O[C@H](C)[C@@H](O)[C@H]2O)cc1F. The Kier molecular flexibility index (Phi) is 11.8.